The first-order valence-corrected chi connectivity index (χ1v) is 4.46. The number of aromatic nitrogens is 1. The molecule has 59 valence electrons. The molecule has 1 heterocycles. The van der Waals surface area contributed by atoms with Gasteiger partial charge in [0.1, 0.15) is 0 Å². The molecule has 2 heteroatoms. The molecule has 0 aliphatic carbocycles. The van der Waals surface area contributed by atoms with Crippen LogP contribution in [0.5, 0.6) is 0 Å². The molecule has 1 radical (unpaired) electrons. The van der Waals surface area contributed by atoms with Crippen molar-refractivity contribution < 1.29 is 0 Å². The smallest absolute Gasteiger partial charge is 0.0709 e. The van der Waals surface area contributed by atoms with Crippen LogP contribution in [0.2, 0.25) is 0 Å². The summed E-state index contributed by atoms with van der Waals surface area (Å²) in [7, 11) is 0. The van der Waals surface area contributed by atoms with Crippen LogP contribution in [0.1, 0.15) is 0 Å². The van der Waals surface area contributed by atoms with Gasteiger partial charge in [0, 0.05) is 16.4 Å². The lowest BCUT2D eigenvalue weighted by molar-refractivity contribution is 1.07. The maximum Gasteiger partial charge on any atom is 0.0709 e. The maximum atomic E-state index is 3.38. The number of nitrogens with zero attached hydrogens (tertiary/aromatic N) is 1. The van der Waals surface area contributed by atoms with Gasteiger partial charge in [-0.2, -0.15) is 0 Å². The molecule has 12 heavy (non-hydrogen) atoms. The van der Waals surface area contributed by atoms with Crippen molar-refractivity contribution in [1.29, 1.82) is 0 Å². The average molecular weight is 221 g/mol. The molecule has 0 atom stereocenters. The predicted octanol–water partition coefficient (Wildman–Crippen LogP) is 3.04. The summed E-state index contributed by atoms with van der Waals surface area (Å²) in [5.74, 6) is 0. The van der Waals surface area contributed by atoms with E-state index in [1.54, 1.807) is 0 Å². The number of para-hydroxylation sites is 1. The van der Waals surface area contributed by atoms with Gasteiger partial charge in [-0.3, -0.25) is 0 Å². The monoisotopic (exact) mass is 220 g/mol. The zero-order valence-electron chi connectivity index (χ0n) is 6.37. The Hall–Kier alpha value is -1.02. The zero-order valence-corrected chi connectivity index (χ0v) is 7.95. The van der Waals surface area contributed by atoms with E-state index in [0.29, 0.717) is 0 Å². The molecule has 0 aliphatic heterocycles. The van der Waals surface area contributed by atoms with E-state index >= 15 is 0 Å². The van der Waals surface area contributed by atoms with Crippen LogP contribution in [-0.4, -0.2) is 4.57 Å². The highest BCUT2D eigenvalue weighted by Gasteiger charge is 1.94. The second-order valence-corrected chi connectivity index (χ2v) is 3.41. The largest absolute Gasteiger partial charge is 0.314 e. The van der Waals surface area contributed by atoms with Crippen molar-refractivity contribution in [2.24, 2.45) is 0 Å². The predicted molar refractivity (Wildman–Crippen MR) is 52.3 cm³/mol. The topological polar surface area (TPSA) is 4.93 Å². The number of halogens is 1. The van der Waals surface area contributed by atoms with Gasteiger partial charge in [0.15, 0.2) is 0 Å². The molecule has 0 amide bonds. The fraction of sp³-hybridized carbons (Fsp3) is 0. The number of benzene rings is 1. The lowest BCUT2D eigenvalue weighted by Gasteiger charge is -1.99. The van der Waals surface area contributed by atoms with Crippen LogP contribution in [0.25, 0.3) is 5.69 Å². The molecule has 0 aliphatic rings. The normalized spacial score (nSPS) is 10.1. The number of hydrogen-bond donors (Lipinski definition) is 0. The van der Waals surface area contributed by atoms with Crippen LogP contribution >= 0.6 is 15.9 Å². The molecule has 1 aromatic heterocycles. The Morgan fingerprint density at radius 2 is 1.92 bits per heavy atom. The second kappa shape index (κ2) is 3.15. The minimum Gasteiger partial charge on any atom is -0.314 e. The fourth-order valence-electron chi connectivity index (χ4n) is 1.07. The maximum absolute atomic E-state index is 3.38. The number of rotatable bonds is 1. The van der Waals surface area contributed by atoms with Crippen molar-refractivity contribution >= 4 is 15.9 Å². The minimum atomic E-state index is 1.05. The Morgan fingerprint density at radius 3 is 2.50 bits per heavy atom. The van der Waals surface area contributed by atoms with E-state index in [0.717, 1.165) is 10.2 Å². The van der Waals surface area contributed by atoms with Crippen LogP contribution in [0.3, 0.4) is 0 Å². The minimum absolute atomic E-state index is 1.05. The summed E-state index contributed by atoms with van der Waals surface area (Å²) in [5.41, 5.74) is 1.13. The highest BCUT2D eigenvalue weighted by atomic mass is 79.9. The first-order chi connectivity index (χ1) is 5.86. The summed E-state index contributed by atoms with van der Waals surface area (Å²) in [5, 5.41) is 0. The van der Waals surface area contributed by atoms with Gasteiger partial charge < -0.3 is 4.57 Å². The van der Waals surface area contributed by atoms with E-state index in [-0.39, 0.29) is 0 Å². The third-order valence-corrected chi connectivity index (χ3v) is 2.06. The summed E-state index contributed by atoms with van der Waals surface area (Å²) < 4.78 is 3.00. The Morgan fingerprint density at radius 1 is 1.17 bits per heavy atom. The molecule has 1 aromatic carbocycles. The summed E-state index contributed by atoms with van der Waals surface area (Å²) in [6.45, 7) is 0. The molecule has 2 rings (SSSR count). The molecule has 0 saturated heterocycles. The molecule has 0 fully saturated rings. The van der Waals surface area contributed by atoms with Crippen molar-refractivity contribution in [2.45, 2.75) is 0 Å². The van der Waals surface area contributed by atoms with Crippen LogP contribution in [0, 0.1) is 6.20 Å². The van der Waals surface area contributed by atoms with Gasteiger partial charge in [-0.15, -0.1) is 0 Å². The standard InChI is InChI=1S/C10H7BrN/c11-9-6-7-12(8-9)10-4-2-1-3-5-10/h1-6,8H. The summed E-state index contributed by atoms with van der Waals surface area (Å²) in [4.78, 5) is 0. The average Bonchev–Trinajstić information content (AvgIpc) is 2.54. The molecule has 0 spiro atoms. The highest BCUT2D eigenvalue weighted by molar-refractivity contribution is 9.10. The van der Waals surface area contributed by atoms with E-state index < -0.39 is 0 Å². The third kappa shape index (κ3) is 1.43. The van der Waals surface area contributed by atoms with Crippen molar-refractivity contribution in [3.63, 3.8) is 0 Å². The molecule has 2 aromatic rings. The van der Waals surface area contributed by atoms with Crippen molar-refractivity contribution in [3.8, 4) is 5.69 Å². The lowest BCUT2D eigenvalue weighted by atomic mass is 10.3. The van der Waals surface area contributed by atoms with Gasteiger partial charge in [-0.05, 0) is 34.1 Å². The van der Waals surface area contributed by atoms with Crippen LogP contribution < -0.4 is 0 Å². The number of hydrogen-bond acceptors (Lipinski definition) is 0. The van der Waals surface area contributed by atoms with Gasteiger partial charge in [0.25, 0.3) is 0 Å². The first-order valence-electron chi connectivity index (χ1n) is 3.67. The van der Waals surface area contributed by atoms with Crippen molar-refractivity contribution in [3.05, 3.63) is 53.3 Å². The molecule has 1 nitrogen and oxygen atoms in total. The van der Waals surface area contributed by atoms with E-state index in [1.807, 2.05) is 47.2 Å². The molecular formula is C10H7BrN. The highest BCUT2D eigenvalue weighted by Crippen LogP contribution is 2.13. The SMILES string of the molecule is Brc1c[c]n(-c2ccccc2)c1. The second-order valence-electron chi connectivity index (χ2n) is 2.49. The molecule has 0 unspecified atom stereocenters. The lowest BCUT2D eigenvalue weighted by Crippen LogP contribution is -1.87. The van der Waals surface area contributed by atoms with Crippen LogP contribution in [0.4, 0.5) is 0 Å². The Labute approximate surface area is 79.8 Å². The van der Waals surface area contributed by atoms with E-state index in [9.17, 15) is 0 Å². The summed E-state index contributed by atoms with van der Waals surface area (Å²) in [6, 6.07) is 12.0. The molecule has 0 saturated carbocycles. The van der Waals surface area contributed by atoms with E-state index in [1.165, 1.54) is 0 Å². The van der Waals surface area contributed by atoms with E-state index in [4.69, 9.17) is 0 Å². The summed E-state index contributed by atoms with van der Waals surface area (Å²) in [6.07, 6.45) is 5.07. The van der Waals surface area contributed by atoms with Gasteiger partial charge in [0.2, 0.25) is 0 Å². The summed E-state index contributed by atoms with van der Waals surface area (Å²) >= 11 is 3.38. The zero-order chi connectivity index (χ0) is 8.39. The van der Waals surface area contributed by atoms with Gasteiger partial charge in [-0.1, -0.05) is 18.2 Å². The fourth-order valence-corrected chi connectivity index (χ4v) is 1.37. The first kappa shape index (κ1) is 7.62. The Balaban J connectivity index is 2.45. The molecular weight excluding hydrogens is 214 g/mol. The third-order valence-electron chi connectivity index (χ3n) is 1.63. The van der Waals surface area contributed by atoms with Gasteiger partial charge >= 0.3 is 0 Å². The van der Waals surface area contributed by atoms with Crippen molar-refractivity contribution in [2.75, 3.05) is 0 Å². The Kier molecular flexibility index (Phi) is 2.00. The van der Waals surface area contributed by atoms with Crippen molar-refractivity contribution in [1.82, 2.24) is 4.57 Å². The Bertz CT molecular complexity index is 364. The molecule has 0 bridgehead atoms. The quantitative estimate of drug-likeness (QED) is 0.697. The van der Waals surface area contributed by atoms with Crippen LogP contribution in [-0.2, 0) is 0 Å². The van der Waals surface area contributed by atoms with Gasteiger partial charge in [0.05, 0.1) is 6.20 Å². The van der Waals surface area contributed by atoms with Gasteiger partial charge in [-0.25, -0.2) is 0 Å². The van der Waals surface area contributed by atoms with Crippen LogP contribution in [0.15, 0.2) is 47.1 Å². The van der Waals surface area contributed by atoms with E-state index in [2.05, 4.69) is 22.1 Å². The molecule has 0 N–H and O–H groups in total.